The molecule has 0 atom stereocenters. The fourth-order valence-corrected chi connectivity index (χ4v) is 1.44. The van der Waals surface area contributed by atoms with Crippen molar-refractivity contribution in [2.24, 2.45) is 0 Å². The molecule has 0 fully saturated rings. The van der Waals surface area contributed by atoms with Crippen LogP contribution in [-0.2, 0) is 6.54 Å². The molecule has 3 heteroatoms. The van der Waals surface area contributed by atoms with Gasteiger partial charge >= 0.3 is 0 Å². The van der Waals surface area contributed by atoms with Crippen molar-refractivity contribution in [1.29, 1.82) is 0 Å². The molecule has 1 aromatic heterocycles. The third kappa shape index (κ3) is 3.61. The molecular weight excluding hydrogens is 188 g/mol. The highest BCUT2D eigenvalue weighted by Crippen LogP contribution is 2.18. The van der Waals surface area contributed by atoms with E-state index in [1.807, 2.05) is 12.3 Å². The van der Waals surface area contributed by atoms with Gasteiger partial charge in [0, 0.05) is 31.1 Å². The molecule has 3 nitrogen and oxygen atoms in total. The maximum Gasteiger partial charge on any atom is 0.0448 e. The van der Waals surface area contributed by atoms with E-state index in [4.69, 9.17) is 5.11 Å². The van der Waals surface area contributed by atoms with Crippen molar-refractivity contribution in [2.45, 2.75) is 32.4 Å². The van der Waals surface area contributed by atoms with Crippen molar-refractivity contribution in [3.8, 4) is 0 Å². The zero-order valence-corrected chi connectivity index (χ0v) is 9.77. The van der Waals surface area contributed by atoms with Gasteiger partial charge in [0.25, 0.3) is 0 Å². The van der Waals surface area contributed by atoms with E-state index in [-0.39, 0.29) is 12.1 Å². The zero-order valence-electron chi connectivity index (χ0n) is 9.77. The van der Waals surface area contributed by atoms with Crippen molar-refractivity contribution in [3.63, 3.8) is 0 Å². The summed E-state index contributed by atoms with van der Waals surface area (Å²) in [5.41, 5.74) is 1.22. The van der Waals surface area contributed by atoms with Gasteiger partial charge in [0.2, 0.25) is 0 Å². The van der Waals surface area contributed by atoms with Crippen LogP contribution < -0.4 is 0 Å². The van der Waals surface area contributed by atoms with Crippen molar-refractivity contribution >= 4 is 0 Å². The average molecular weight is 208 g/mol. The largest absolute Gasteiger partial charge is 0.396 e. The second-order valence-corrected chi connectivity index (χ2v) is 4.50. The van der Waals surface area contributed by atoms with Crippen LogP contribution in [0, 0.1) is 0 Å². The highest BCUT2D eigenvalue weighted by Gasteiger charge is 2.22. The zero-order chi connectivity index (χ0) is 11.3. The lowest BCUT2D eigenvalue weighted by Crippen LogP contribution is -2.41. The van der Waals surface area contributed by atoms with Gasteiger partial charge in [-0.1, -0.05) is 6.07 Å². The van der Waals surface area contributed by atoms with Crippen molar-refractivity contribution in [1.82, 2.24) is 9.88 Å². The molecule has 0 bridgehead atoms. The quantitative estimate of drug-likeness (QED) is 0.799. The maximum atomic E-state index is 8.98. The molecule has 0 saturated heterocycles. The van der Waals surface area contributed by atoms with E-state index in [2.05, 4.69) is 36.8 Å². The summed E-state index contributed by atoms with van der Waals surface area (Å²) in [4.78, 5) is 6.33. The maximum absolute atomic E-state index is 8.98. The molecule has 84 valence electrons. The average Bonchev–Trinajstić information content (AvgIpc) is 2.19. The van der Waals surface area contributed by atoms with E-state index in [0.29, 0.717) is 0 Å². The van der Waals surface area contributed by atoms with Crippen LogP contribution in [-0.4, -0.2) is 34.2 Å². The molecule has 0 saturated carbocycles. The van der Waals surface area contributed by atoms with Crippen LogP contribution in [0.25, 0.3) is 0 Å². The smallest absolute Gasteiger partial charge is 0.0448 e. The summed E-state index contributed by atoms with van der Waals surface area (Å²) in [6.07, 6.45) is 4.44. The summed E-state index contributed by atoms with van der Waals surface area (Å²) in [5.74, 6) is 0. The Morgan fingerprint density at radius 2 is 2.20 bits per heavy atom. The van der Waals surface area contributed by atoms with E-state index in [1.54, 1.807) is 6.20 Å². The van der Waals surface area contributed by atoms with Gasteiger partial charge in [-0.05, 0) is 38.9 Å². The Balaban J connectivity index is 2.59. The third-order valence-corrected chi connectivity index (χ3v) is 2.90. The van der Waals surface area contributed by atoms with E-state index in [9.17, 15) is 0 Å². The van der Waals surface area contributed by atoms with Crippen LogP contribution in [0.4, 0.5) is 0 Å². The Kier molecular flexibility index (Phi) is 4.24. The van der Waals surface area contributed by atoms with Gasteiger partial charge in [0.1, 0.15) is 0 Å². The Labute approximate surface area is 91.8 Å². The summed E-state index contributed by atoms with van der Waals surface area (Å²) in [5, 5.41) is 8.98. The molecule has 1 heterocycles. The number of pyridine rings is 1. The Bertz CT molecular complexity index is 285. The van der Waals surface area contributed by atoms with Gasteiger partial charge in [-0.3, -0.25) is 9.88 Å². The molecule has 1 rings (SSSR count). The van der Waals surface area contributed by atoms with Gasteiger partial charge < -0.3 is 5.11 Å². The first-order valence-corrected chi connectivity index (χ1v) is 5.27. The number of aliphatic hydroxyl groups excluding tert-OH is 1. The van der Waals surface area contributed by atoms with Crippen LogP contribution in [0.3, 0.4) is 0 Å². The molecule has 0 aliphatic heterocycles. The highest BCUT2D eigenvalue weighted by molar-refractivity contribution is 5.08. The van der Waals surface area contributed by atoms with Crippen LogP contribution in [0.1, 0.15) is 25.8 Å². The predicted molar refractivity (Wildman–Crippen MR) is 61.5 cm³/mol. The van der Waals surface area contributed by atoms with Crippen LogP contribution >= 0.6 is 0 Å². The second-order valence-electron chi connectivity index (χ2n) is 4.50. The van der Waals surface area contributed by atoms with E-state index >= 15 is 0 Å². The number of nitrogens with zero attached hydrogens (tertiary/aromatic N) is 2. The standard InChI is InChI=1S/C12H20N2O/c1-12(2,6-8-15)14(3)10-11-5-4-7-13-9-11/h4-5,7,9,15H,6,8,10H2,1-3H3. The second kappa shape index (κ2) is 5.24. The lowest BCUT2D eigenvalue weighted by molar-refractivity contribution is 0.110. The lowest BCUT2D eigenvalue weighted by Gasteiger charge is -2.35. The van der Waals surface area contributed by atoms with Crippen LogP contribution in [0.15, 0.2) is 24.5 Å². The monoisotopic (exact) mass is 208 g/mol. The number of rotatable bonds is 5. The molecule has 0 spiro atoms. The summed E-state index contributed by atoms with van der Waals surface area (Å²) in [6.45, 7) is 5.37. The SMILES string of the molecule is CN(Cc1cccnc1)C(C)(C)CCO. The first-order valence-electron chi connectivity index (χ1n) is 5.27. The van der Waals surface area contributed by atoms with Gasteiger partial charge in [-0.2, -0.15) is 0 Å². The van der Waals surface area contributed by atoms with Crippen molar-refractivity contribution in [3.05, 3.63) is 30.1 Å². The molecule has 0 aliphatic rings. The van der Waals surface area contributed by atoms with Crippen LogP contribution in [0.2, 0.25) is 0 Å². The fourth-order valence-electron chi connectivity index (χ4n) is 1.44. The summed E-state index contributed by atoms with van der Waals surface area (Å²) in [6, 6.07) is 4.01. The Morgan fingerprint density at radius 3 is 2.73 bits per heavy atom. The molecule has 1 N–H and O–H groups in total. The van der Waals surface area contributed by atoms with Crippen molar-refractivity contribution < 1.29 is 5.11 Å². The molecule has 15 heavy (non-hydrogen) atoms. The Morgan fingerprint density at radius 1 is 1.47 bits per heavy atom. The normalized spacial score (nSPS) is 12.1. The summed E-state index contributed by atoms with van der Waals surface area (Å²) >= 11 is 0. The first kappa shape index (κ1) is 12.1. The third-order valence-electron chi connectivity index (χ3n) is 2.90. The number of aliphatic hydroxyl groups is 1. The summed E-state index contributed by atoms with van der Waals surface area (Å²) < 4.78 is 0. The van der Waals surface area contributed by atoms with Gasteiger partial charge in [-0.25, -0.2) is 0 Å². The topological polar surface area (TPSA) is 36.4 Å². The number of hydrogen-bond donors (Lipinski definition) is 1. The highest BCUT2D eigenvalue weighted by atomic mass is 16.3. The van der Waals surface area contributed by atoms with Gasteiger partial charge in [0.05, 0.1) is 0 Å². The number of hydrogen-bond acceptors (Lipinski definition) is 3. The van der Waals surface area contributed by atoms with Crippen molar-refractivity contribution in [2.75, 3.05) is 13.7 Å². The molecule has 0 aliphatic carbocycles. The minimum Gasteiger partial charge on any atom is -0.396 e. The predicted octanol–water partition coefficient (Wildman–Crippen LogP) is 1.67. The number of aromatic nitrogens is 1. The van der Waals surface area contributed by atoms with E-state index < -0.39 is 0 Å². The minimum atomic E-state index is 0.0184. The first-order chi connectivity index (χ1) is 7.06. The summed E-state index contributed by atoms with van der Waals surface area (Å²) in [7, 11) is 2.07. The van der Waals surface area contributed by atoms with Crippen LogP contribution in [0.5, 0.6) is 0 Å². The molecule has 0 amide bonds. The van der Waals surface area contributed by atoms with Gasteiger partial charge in [0.15, 0.2) is 0 Å². The molecular formula is C12H20N2O. The molecule has 0 aromatic carbocycles. The molecule has 0 unspecified atom stereocenters. The van der Waals surface area contributed by atoms with E-state index in [1.165, 1.54) is 5.56 Å². The minimum absolute atomic E-state index is 0.0184. The lowest BCUT2D eigenvalue weighted by atomic mass is 9.99. The van der Waals surface area contributed by atoms with E-state index in [0.717, 1.165) is 13.0 Å². The molecule has 1 aromatic rings. The van der Waals surface area contributed by atoms with Gasteiger partial charge in [-0.15, -0.1) is 0 Å². The Hall–Kier alpha value is -0.930. The fraction of sp³-hybridized carbons (Fsp3) is 0.583. The molecule has 0 radical (unpaired) electrons.